The molecule has 1 aliphatic heterocycles. The molecule has 0 aromatic carbocycles. The number of fused-ring (bicyclic) bond motifs is 1. The number of hydrogen-bond acceptors (Lipinski definition) is 7. The summed E-state index contributed by atoms with van der Waals surface area (Å²) in [6.07, 6.45) is -2.45. The second kappa shape index (κ2) is 9.47. The van der Waals surface area contributed by atoms with E-state index in [-0.39, 0.29) is 17.0 Å². The van der Waals surface area contributed by atoms with E-state index in [1.807, 2.05) is 18.7 Å². The van der Waals surface area contributed by atoms with E-state index in [1.165, 1.54) is 11.6 Å². The van der Waals surface area contributed by atoms with Crippen LogP contribution in [0.5, 0.6) is 17.5 Å². The lowest BCUT2D eigenvalue weighted by Gasteiger charge is -2.34. The zero-order chi connectivity index (χ0) is 25.4. The first-order chi connectivity index (χ1) is 16.4. The van der Waals surface area contributed by atoms with Gasteiger partial charge in [-0.15, -0.1) is 0 Å². The summed E-state index contributed by atoms with van der Waals surface area (Å²) < 4.78 is 76.9. The Bertz CT molecular complexity index is 1260. The van der Waals surface area contributed by atoms with Crippen molar-refractivity contribution in [2.75, 3.05) is 18.1 Å². The molecule has 3 aromatic heterocycles. The molecule has 1 amide bonds. The SMILES string of the molecule is Cn1c(C(=O)NC2(C)CCSCC2)nc2cc(F)c(Oc3ncc(F)cc3OCC(F)(F)F)nc21. The Morgan fingerprint density at radius 1 is 1.20 bits per heavy atom. The number of nitrogens with zero attached hydrogens (tertiary/aromatic N) is 4. The zero-order valence-corrected chi connectivity index (χ0v) is 19.4. The van der Waals surface area contributed by atoms with Crippen molar-refractivity contribution in [3.63, 3.8) is 0 Å². The summed E-state index contributed by atoms with van der Waals surface area (Å²) >= 11 is 1.81. The van der Waals surface area contributed by atoms with Crippen LogP contribution in [0.4, 0.5) is 22.0 Å². The molecule has 35 heavy (non-hydrogen) atoms. The summed E-state index contributed by atoms with van der Waals surface area (Å²) in [6.45, 7) is 0.215. The smallest absolute Gasteiger partial charge is 0.422 e. The molecule has 1 saturated heterocycles. The molecule has 4 rings (SSSR count). The minimum atomic E-state index is -4.70. The highest BCUT2D eigenvalue weighted by Crippen LogP contribution is 2.33. The van der Waals surface area contributed by atoms with E-state index in [4.69, 9.17) is 4.74 Å². The number of alkyl halides is 3. The number of pyridine rings is 2. The summed E-state index contributed by atoms with van der Waals surface area (Å²) in [5.74, 6) is -2.60. The average molecular weight is 517 g/mol. The van der Waals surface area contributed by atoms with Gasteiger partial charge in [0, 0.05) is 24.7 Å². The Morgan fingerprint density at radius 3 is 2.60 bits per heavy atom. The molecule has 1 aliphatic rings. The van der Waals surface area contributed by atoms with Gasteiger partial charge >= 0.3 is 6.18 Å². The van der Waals surface area contributed by atoms with Crippen LogP contribution in [-0.2, 0) is 7.05 Å². The molecule has 0 bridgehead atoms. The van der Waals surface area contributed by atoms with Gasteiger partial charge in [-0.2, -0.15) is 29.9 Å². The Balaban J connectivity index is 1.62. The molecule has 0 radical (unpaired) electrons. The highest BCUT2D eigenvalue weighted by Gasteiger charge is 2.32. The van der Waals surface area contributed by atoms with Crippen LogP contribution >= 0.6 is 11.8 Å². The number of thioether (sulfide) groups is 1. The maximum absolute atomic E-state index is 14.7. The standard InChI is InChI=1S/C21H20F5N5O3S/c1-20(3-5-35-6-4-20)30-17(32)16-28-13-8-12(23)18(29-15(13)31(16)2)34-19-14(7-11(22)9-27-19)33-10-21(24,25)26/h7-9H,3-6,10H2,1-2H3,(H,30,32). The fraction of sp³-hybridized carbons (Fsp3) is 0.429. The van der Waals surface area contributed by atoms with E-state index >= 15 is 0 Å². The largest absolute Gasteiger partial charge is 0.478 e. The summed E-state index contributed by atoms with van der Waals surface area (Å²) in [5.41, 5.74) is -0.252. The molecule has 4 heterocycles. The second-order valence-corrected chi connectivity index (χ2v) is 9.43. The monoisotopic (exact) mass is 517 g/mol. The topological polar surface area (TPSA) is 91.2 Å². The van der Waals surface area contributed by atoms with Crippen molar-refractivity contribution in [1.82, 2.24) is 24.8 Å². The molecule has 1 N–H and O–H groups in total. The number of amides is 1. The van der Waals surface area contributed by atoms with Gasteiger partial charge < -0.3 is 19.4 Å². The van der Waals surface area contributed by atoms with Gasteiger partial charge in [-0.05, 0) is 31.3 Å². The average Bonchev–Trinajstić information content (AvgIpc) is 3.09. The van der Waals surface area contributed by atoms with Crippen molar-refractivity contribution in [2.24, 2.45) is 7.05 Å². The van der Waals surface area contributed by atoms with Gasteiger partial charge in [0.25, 0.3) is 17.7 Å². The number of ether oxygens (including phenoxy) is 2. The minimum Gasteiger partial charge on any atom is -0.478 e. The lowest BCUT2D eigenvalue weighted by molar-refractivity contribution is -0.153. The van der Waals surface area contributed by atoms with E-state index in [2.05, 4.69) is 25.0 Å². The summed E-state index contributed by atoms with van der Waals surface area (Å²) in [5, 5.41) is 2.98. The molecule has 0 saturated carbocycles. The maximum Gasteiger partial charge on any atom is 0.422 e. The van der Waals surface area contributed by atoms with Gasteiger partial charge in [0.2, 0.25) is 5.82 Å². The molecule has 14 heteroatoms. The molecule has 3 aromatic rings. The van der Waals surface area contributed by atoms with Gasteiger partial charge in [0.1, 0.15) is 11.3 Å². The lowest BCUT2D eigenvalue weighted by atomic mass is 9.95. The minimum absolute atomic E-state index is 0.00221. The van der Waals surface area contributed by atoms with E-state index in [1.54, 1.807) is 0 Å². The molecule has 8 nitrogen and oxygen atoms in total. The van der Waals surface area contributed by atoms with E-state index in [0.717, 1.165) is 30.4 Å². The normalized spacial score (nSPS) is 15.7. The van der Waals surface area contributed by atoms with Crippen LogP contribution in [0.25, 0.3) is 11.2 Å². The second-order valence-electron chi connectivity index (χ2n) is 8.20. The van der Waals surface area contributed by atoms with Crippen LogP contribution in [0.1, 0.15) is 30.4 Å². The van der Waals surface area contributed by atoms with Crippen LogP contribution in [0.3, 0.4) is 0 Å². The van der Waals surface area contributed by atoms with Crippen molar-refractivity contribution < 1.29 is 36.2 Å². The fourth-order valence-electron chi connectivity index (χ4n) is 3.46. The number of aryl methyl sites for hydroxylation is 1. The van der Waals surface area contributed by atoms with Gasteiger partial charge in [-0.3, -0.25) is 4.79 Å². The Labute approximate surface area is 200 Å². The van der Waals surface area contributed by atoms with Gasteiger partial charge in [-0.25, -0.2) is 18.7 Å². The van der Waals surface area contributed by atoms with Crippen molar-refractivity contribution in [2.45, 2.75) is 31.5 Å². The van der Waals surface area contributed by atoms with Crippen LogP contribution < -0.4 is 14.8 Å². The number of nitrogens with one attached hydrogen (secondary N) is 1. The molecule has 0 atom stereocenters. The van der Waals surface area contributed by atoms with Crippen LogP contribution in [0, 0.1) is 11.6 Å². The number of aromatic nitrogens is 4. The number of imidazole rings is 1. The summed E-state index contributed by atoms with van der Waals surface area (Å²) in [7, 11) is 1.51. The van der Waals surface area contributed by atoms with Crippen molar-refractivity contribution in [1.29, 1.82) is 0 Å². The van der Waals surface area contributed by atoms with Gasteiger partial charge in [-0.1, -0.05) is 0 Å². The van der Waals surface area contributed by atoms with Gasteiger partial charge in [0.15, 0.2) is 23.8 Å². The number of hydrogen-bond donors (Lipinski definition) is 1. The van der Waals surface area contributed by atoms with Gasteiger partial charge in [0.05, 0.1) is 6.20 Å². The first kappa shape index (κ1) is 24.9. The molecule has 0 unspecified atom stereocenters. The van der Waals surface area contributed by atoms with Crippen LogP contribution in [-0.4, -0.2) is 55.3 Å². The Morgan fingerprint density at radius 2 is 1.91 bits per heavy atom. The molecule has 188 valence electrons. The van der Waals surface area contributed by atoms with Crippen LogP contribution in [0.2, 0.25) is 0 Å². The van der Waals surface area contributed by atoms with Crippen molar-refractivity contribution in [3.8, 4) is 17.5 Å². The lowest BCUT2D eigenvalue weighted by Crippen LogP contribution is -2.48. The van der Waals surface area contributed by atoms with Crippen molar-refractivity contribution >= 4 is 28.8 Å². The third-order valence-electron chi connectivity index (χ3n) is 5.35. The quantitative estimate of drug-likeness (QED) is 0.485. The number of carbonyl (C=O) groups excluding carboxylic acids is 1. The number of halogens is 5. The zero-order valence-electron chi connectivity index (χ0n) is 18.6. The van der Waals surface area contributed by atoms with Crippen molar-refractivity contribution in [3.05, 3.63) is 35.8 Å². The fourth-order valence-corrected chi connectivity index (χ4v) is 4.86. The van der Waals surface area contributed by atoms with E-state index < -0.39 is 53.4 Å². The molecule has 1 fully saturated rings. The first-order valence-corrected chi connectivity index (χ1v) is 11.6. The predicted molar refractivity (Wildman–Crippen MR) is 117 cm³/mol. The predicted octanol–water partition coefficient (Wildman–Crippen LogP) is 4.39. The highest BCUT2D eigenvalue weighted by atomic mass is 32.2. The summed E-state index contributed by atoms with van der Waals surface area (Å²) in [6, 6.07) is 1.59. The molecular weight excluding hydrogens is 497 g/mol. The Kier molecular flexibility index (Phi) is 6.75. The van der Waals surface area contributed by atoms with Crippen LogP contribution in [0.15, 0.2) is 18.3 Å². The third-order valence-corrected chi connectivity index (χ3v) is 6.34. The Hall–Kier alpha value is -3.16. The first-order valence-electron chi connectivity index (χ1n) is 10.4. The molecule has 0 aliphatic carbocycles. The summed E-state index contributed by atoms with van der Waals surface area (Å²) in [4.78, 5) is 24.6. The third kappa shape index (κ3) is 5.74. The van der Waals surface area contributed by atoms with E-state index in [9.17, 15) is 26.7 Å². The number of rotatable bonds is 6. The highest BCUT2D eigenvalue weighted by molar-refractivity contribution is 7.99. The maximum atomic E-state index is 14.7. The van der Waals surface area contributed by atoms with E-state index in [0.29, 0.717) is 12.3 Å². The number of carbonyl (C=O) groups is 1. The molecular formula is C21H20F5N5O3S. The molecule has 0 spiro atoms.